The van der Waals surface area contributed by atoms with Crippen molar-refractivity contribution in [1.82, 2.24) is 15.1 Å². The second kappa shape index (κ2) is 11.1. The number of hydrogen-bond donors (Lipinski definition) is 1. The van der Waals surface area contributed by atoms with Gasteiger partial charge in [0.1, 0.15) is 11.6 Å². The summed E-state index contributed by atoms with van der Waals surface area (Å²) in [4.78, 5) is 29.2. The number of carbonyl (C=O) groups excluding carboxylic acids is 2. The number of rotatable bonds is 7. The summed E-state index contributed by atoms with van der Waals surface area (Å²) in [6.07, 6.45) is 1.51. The van der Waals surface area contributed by atoms with Crippen molar-refractivity contribution in [1.29, 1.82) is 0 Å². The van der Waals surface area contributed by atoms with Gasteiger partial charge in [-0.05, 0) is 68.5 Å². The third-order valence-electron chi connectivity index (χ3n) is 6.07. The number of piperidine rings is 1. The van der Waals surface area contributed by atoms with Crippen LogP contribution >= 0.6 is 0 Å². The number of hydrogen-bond acceptors (Lipinski definition) is 2. The summed E-state index contributed by atoms with van der Waals surface area (Å²) in [5, 5.41) is 3.05. The Labute approximate surface area is 188 Å². The zero-order valence-electron chi connectivity index (χ0n) is 18.7. The number of carbonyl (C=O) groups is 2. The number of urea groups is 1. The van der Waals surface area contributed by atoms with Crippen LogP contribution in [-0.2, 0) is 11.2 Å². The van der Waals surface area contributed by atoms with E-state index in [1.807, 2.05) is 13.8 Å². The average molecular weight is 444 g/mol. The summed E-state index contributed by atoms with van der Waals surface area (Å²) >= 11 is 0. The Morgan fingerprint density at radius 3 is 2.25 bits per heavy atom. The molecule has 1 unspecified atom stereocenters. The van der Waals surface area contributed by atoms with Gasteiger partial charge >= 0.3 is 6.03 Å². The molecule has 0 bridgehead atoms. The van der Waals surface area contributed by atoms with E-state index in [0.29, 0.717) is 51.0 Å². The zero-order valence-corrected chi connectivity index (χ0v) is 18.7. The topological polar surface area (TPSA) is 52.7 Å². The fraction of sp³-hybridized carbons (Fsp3) is 0.440. The Balaban J connectivity index is 1.67. The molecule has 0 radical (unpaired) electrons. The molecule has 0 spiro atoms. The van der Waals surface area contributed by atoms with Crippen LogP contribution in [0, 0.1) is 17.6 Å². The lowest BCUT2D eigenvalue weighted by atomic mass is 9.93. The second-order valence-corrected chi connectivity index (χ2v) is 8.17. The Morgan fingerprint density at radius 2 is 1.66 bits per heavy atom. The summed E-state index contributed by atoms with van der Waals surface area (Å²) in [6.45, 7) is 6.28. The molecule has 2 aromatic rings. The monoisotopic (exact) mass is 443 g/mol. The minimum atomic E-state index is -0.477. The van der Waals surface area contributed by atoms with Crippen molar-refractivity contribution in [3.05, 3.63) is 71.3 Å². The van der Waals surface area contributed by atoms with Gasteiger partial charge in [0, 0.05) is 32.1 Å². The van der Waals surface area contributed by atoms with Gasteiger partial charge < -0.3 is 15.1 Å². The van der Waals surface area contributed by atoms with Crippen LogP contribution in [0.3, 0.4) is 0 Å². The highest BCUT2D eigenvalue weighted by Crippen LogP contribution is 2.24. The van der Waals surface area contributed by atoms with E-state index in [9.17, 15) is 18.4 Å². The highest BCUT2D eigenvalue weighted by Gasteiger charge is 2.30. The first-order valence-corrected chi connectivity index (χ1v) is 11.2. The molecule has 172 valence electrons. The molecular formula is C25H31F2N3O2. The summed E-state index contributed by atoms with van der Waals surface area (Å²) in [7, 11) is 0. The van der Waals surface area contributed by atoms with Gasteiger partial charge in [0.15, 0.2) is 0 Å². The van der Waals surface area contributed by atoms with E-state index in [1.54, 1.807) is 34.1 Å². The maximum atomic E-state index is 13.9. The fourth-order valence-electron chi connectivity index (χ4n) is 4.19. The van der Waals surface area contributed by atoms with Crippen LogP contribution in [0.2, 0.25) is 0 Å². The quantitative estimate of drug-likeness (QED) is 0.683. The highest BCUT2D eigenvalue weighted by molar-refractivity contribution is 5.80. The Bertz CT molecular complexity index is 925. The van der Waals surface area contributed by atoms with Crippen molar-refractivity contribution in [2.24, 2.45) is 5.92 Å². The summed E-state index contributed by atoms with van der Waals surface area (Å²) in [5.74, 6) is -1.08. The predicted molar refractivity (Wildman–Crippen MR) is 120 cm³/mol. The SMILES string of the molecule is CCN(CC)C(=O)N1CCC(C(=O)NC(Cc2cccc(F)c2)c2cccc(F)c2)CC1. The van der Waals surface area contributed by atoms with Crippen molar-refractivity contribution in [2.75, 3.05) is 26.2 Å². The molecule has 1 fully saturated rings. The van der Waals surface area contributed by atoms with E-state index in [1.165, 1.54) is 24.3 Å². The molecule has 1 saturated heterocycles. The van der Waals surface area contributed by atoms with Crippen molar-refractivity contribution in [3.8, 4) is 0 Å². The first-order chi connectivity index (χ1) is 15.4. The van der Waals surface area contributed by atoms with Crippen LogP contribution in [0.1, 0.15) is 43.9 Å². The molecule has 5 nitrogen and oxygen atoms in total. The van der Waals surface area contributed by atoms with Crippen molar-refractivity contribution < 1.29 is 18.4 Å². The van der Waals surface area contributed by atoms with E-state index in [4.69, 9.17) is 0 Å². The van der Waals surface area contributed by atoms with Crippen LogP contribution < -0.4 is 5.32 Å². The molecule has 1 N–H and O–H groups in total. The standard InChI is InChI=1S/C25H31F2N3O2/c1-3-29(4-2)25(32)30-13-11-19(12-14-30)24(31)28-23(20-8-6-10-22(27)17-20)16-18-7-5-9-21(26)15-18/h5-10,15,17,19,23H,3-4,11-14,16H2,1-2H3,(H,28,31). The van der Waals surface area contributed by atoms with Crippen LogP contribution in [0.5, 0.6) is 0 Å². The number of likely N-dealkylation sites (tertiary alicyclic amines) is 1. The van der Waals surface area contributed by atoms with E-state index in [0.717, 1.165) is 5.56 Å². The molecule has 3 amide bonds. The Kier molecular flexibility index (Phi) is 8.20. The van der Waals surface area contributed by atoms with Gasteiger partial charge in [0.25, 0.3) is 0 Å². The van der Waals surface area contributed by atoms with Gasteiger partial charge in [0.2, 0.25) is 5.91 Å². The molecular weight excluding hydrogens is 412 g/mol. The van der Waals surface area contributed by atoms with Gasteiger partial charge in [-0.1, -0.05) is 24.3 Å². The van der Waals surface area contributed by atoms with Crippen LogP contribution in [0.15, 0.2) is 48.5 Å². The molecule has 0 aliphatic carbocycles. The van der Waals surface area contributed by atoms with Crippen LogP contribution in [-0.4, -0.2) is 47.9 Å². The van der Waals surface area contributed by atoms with Gasteiger partial charge in [-0.25, -0.2) is 13.6 Å². The average Bonchev–Trinajstić information content (AvgIpc) is 2.79. The lowest BCUT2D eigenvalue weighted by Crippen LogP contribution is -2.48. The predicted octanol–water partition coefficient (Wildman–Crippen LogP) is 4.54. The minimum absolute atomic E-state index is 0.0117. The molecule has 0 saturated carbocycles. The van der Waals surface area contributed by atoms with Gasteiger partial charge in [-0.2, -0.15) is 0 Å². The van der Waals surface area contributed by atoms with E-state index in [2.05, 4.69) is 5.32 Å². The fourth-order valence-corrected chi connectivity index (χ4v) is 4.19. The van der Waals surface area contributed by atoms with Gasteiger partial charge in [-0.3, -0.25) is 4.79 Å². The third-order valence-corrected chi connectivity index (χ3v) is 6.07. The number of nitrogens with zero attached hydrogens (tertiary/aromatic N) is 2. The van der Waals surface area contributed by atoms with E-state index >= 15 is 0 Å². The molecule has 1 atom stereocenters. The zero-order chi connectivity index (χ0) is 23.1. The number of benzene rings is 2. The molecule has 3 rings (SSSR count). The first-order valence-electron chi connectivity index (χ1n) is 11.2. The lowest BCUT2D eigenvalue weighted by Gasteiger charge is -2.35. The number of nitrogens with one attached hydrogen (secondary N) is 1. The van der Waals surface area contributed by atoms with Crippen molar-refractivity contribution >= 4 is 11.9 Å². The van der Waals surface area contributed by atoms with E-state index < -0.39 is 6.04 Å². The lowest BCUT2D eigenvalue weighted by molar-refractivity contribution is -0.127. The number of amides is 3. The third kappa shape index (κ3) is 6.05. The van der Waals surface area contributed by atoms with E-state index in [-0.39, 0.29) is 29.5 Å². The molecule has 1 aliphatic heterocycles. The Hall–Kier alpha value is -2.96. The Morgan fingerprint density at radius 1 is 1.03 bits per heavy atom. The smallest absolute Gasteiger partial charge is 0.319 e. The van der Waals surface area contributed by atoms with Crippen molar-refractivity contribution in [2.45, 2.75) is 39.2 Å². The maximum absolute atomic E-state index is 13.9. The summed E-state index contributed by atoms with van der Waals surface area (Å²) < 4.78 is 27.5. The minimum Gasteiger partial charge on any atom is -0.349 e. The largest absolute Gasteiger partial charge is 0.349 e. The first kappa shape index (κ1) is 23.7. The van der Waals surface area contributed by atoms with Crippen LogP contribution in [0.25, 0.3) is 0 Å². The molecule has 1 heterocycles. The molecule has 7 heteroatoms. The van der Waals surface area contributed by atoms with Gasteiger partial charge in [-0.15, -0.1) is 0 Å². The summed E-state index contributed by atoms with van der Waals surface area (Å²) in [6, 6.07) is 11.9. The number of halogens is 2. The van der Waals surface area contributed by atoms with Gasteiger partial charge in [0.05, 0.1) is 6.04 Å². The molecule has 0 aromatic heterocycles. The molecule has 1 aliphatic rings. The molecule has 32 heavy (non-hydrogen) atoms. The second-order valence-electron chi connectivity index (χ2n) is 8.17. The maximum Gasteiger partial charge on any atom is 0.319 e. The normalized spacial score (nSPS) is 15.3. The highest BCUT2D eigenvalue weighted by atomic mass is 19.1. The molecule has 2 aromatic carbocycles. The van der Waals surface area contributed by atoms with Crippen LogP contribution in [0.4, 0.5) is 13.6 Å². The van der Waals surface area contributed by atoms with Crippen molar-refractivity contribution in [3.63, 3.8) is 0 Å². The summed E-state index contributed by atoms with van der Waals surface area (Å²) in [5.41, 5.74) is 1.36.